The van der Waals surface area contributed by atoms with E-state index in [1.807, 2.05) is 31.2 Å². The van der Waals surface area contributed by atoms with Crippen LogP contribution >= 0.6 is 11.6 Å². The highest BCUT2D eigenvalue weighted by molar-refractivity contribution is 7.91. The van der Waals surface area contributed by atoms with Gasteiger partial charge in [-0.15, -0.1) is 0 Å². The maximum atomic E-state index is 12.1. The van der Waals surface area contributed by atoms with Gasteiger partial charge in [0.15, 0.2) is 9.84 Å². The number of sulfone groups is 1. The molecule has 0 atom stereocenters. The molecule has 4 nitrogen and oxygen atoms in total. The highest BCUT2D eigenvalue weighted by Gasteiger charge is 2.35. The van der Waals surface area contributed by atoms with Crippen LogP contribution in [0.5, 0.6) is 0 Å². The summed E-state index contributed by atoms with van der Waals surface area (Å²) in [5.41, 5.74) is 3.70. The van der Waals surface area contributed by atoms with Crippen LogP contribution in [0.4, 0.5) is 0 Å². The molecule has 1 aromatic carbocycles. The summed E-state index contributed by atoms with van der Waals surface area (Å²) in [6.45, 7) is 1.94. The van der Waals surface area contributed by atoms with Crippen molar-refractivity contribution in [3.05, 3.63) is 58.1 Å². The highest BCUT2D eigenvalue weighted by Crippen LogP contribution is 2.31. The Labute approximate surface area is 135 Å². The van der Waals surface area contributed by atoms with E-state index in [0.29, 0.717) is 6.42 Å². The molecule has 0 amide bonds. The largest absolute Gasteiger partial charge is 0.228 e. The van der Waals surface area contributed by atoms with Gasteiger partial charge in [-0.25, -0.2) is 18.4 Å². The lowest BCUT2D eigenvalue weighted by molar-refractivity contribution is 0.594. The molecule has 1 aliphatic carbocycles. The van der Waals surface area contributed by atoms with Crippen molar-refractivity contribution in [2.24, 2.45) is 0 Å². The van der Waals surface area contributed by atoms with Crippen LogP contribution in [0, 0.1) is 6.92 Å². The second-order valence-corrected chi connectivity index (χ2v) is 8.39. The molecular weight excluding hydrogens is 320 g/mol. The van der Waals surface area contributed by atoms with E-state index in [4.69, 9.17) is 11.6 Å². The number of hydrogen-bond acceptors (Lipinski definition) is 4. The summed E-state index contributed by atoms with van der Waals surface area (Å²) in [5.74, 6) is 0.120. The Morgan fingerprint density at radius 1 is 1.27 bits per heavy atom. The molecule has 0 unspecified atom stereocenters. The smallest absolute Gasteiger partial charge is 0.222 e. The summed E-state index contributed by atoms with van der Waals surface area (Å²) in [6, 6.07) is 7.67. The lowest BCUT2D eigenvalue weighted by Gasteiger charge is -2.08. The van der Waals surface area contributed by atoms with Gasteiger partial charge in [0, 0.05) is 12.6 Å². The number of hydrogen-bond donors (Lipinski definition) is 0. The molecule has 0 saturated heterocycles. The van der Waals surface area contributed by atoms with Crippen LogP contribution < -0.4 is 0 Å². The third kappa shape index (κ3) is 3.65. The first-order valence-electron chi connectivity index (χ1n) is 7.21. The van der Waals surface area contributed by atoms with Crippen molar-refractivity contribution < 1.29 is 8.42 Å². The Morgan fingerprint density at radius 2 is 2.00 bits per heavy atom. The van der Waals surface area contributed by atoms with Gasteiger partial charge in [0.25, 0.3) is 0 Å². The van der Waals surface area contributed by atoms with Crippen LogP contribution in [-0.4, -0.2) is 23.6 Å². The van der Waals surface area contributed by atoms with Gasteiger partial charge in [-0.1, -0.05) is 24.3 Å². The molecule has 1 aromatic heterocycles. The molecule has 1 aliphatic rings. The Bertz CT molecular complexity index is 802. The average molecular weight is 337 g/mol. The van der Waals surface area contributed by atoms with Gasteiger partial charge in [0.05, 0.1) is 16.7 Å². The molecule has 0 N–H and O–H groups in total. The van der Waals surface area contributed by atoms with Crippen molar-refractivity contribution in [2.45, 2.75) is 37.2 Å². The molecule has 116 valence electrons. The minimum absolute atomic E-state index is 0.120. The number of halogens is 1. The molecule has 1 saturated carbocycles. The normalized spacial score (nSPS) is 15.0. The van der Waals surface area contributed by atoms with Crippen LogP contribution in [0.3, 0.4) is 0 Å². The fourth-order valence-corrected chi connectivity index (χ4v) is 4.32. The van der Waals surface area contributed by atoms with Gasteiger partial charge in [-0.2, -0.15) is 0 Å². The Morgan fingerprint density at radius 3 is 2.73 bits per heavy atom. The van der Waals surface area contributed by atoms with Crippen LogP contribution in [-0.2, 0) is 22.0 Å². The predicted octanol–water partition coefficient (Wildman–Crippen LogP) is 3.11. The molecule has 1 fully saturated rings. The zero-order chi connectivity index (χ0) is 15.7. The average Bonchev–Trinajstić information content (AvgIpc) is 3.28. The van der Waals surface area contributed by atoms with Crippen molar-refractivity contribution in [3.63, 3.8) is 0 Å². The molecule has 3 rings (SSSR count). The van der Waals surface area contributed by atoms with Crippen LogP contribution in [0.25, 0.3) is 0 Å². The minimum atomic E-state index is -2.99. The Kier molecular flexibility index (Phi) is 4.19. The van der Waals surface area contributed by atoms with Gasteiger partial charge >= 0.3 is 0 Å². The summed E-state index contributed by atoms with van der Waals surface area (Å²) in [5, 5.41) is 0.104. The van der Waals surface area contributed by atoms with Crippen LogP contribution in [0.2, 0.25) is 5.28 Å². The maximum Gasteiger partial charge on any atom is 0.222 e. The molecule has 22 heavy (non-hydrogen) atoms. The van der Waals surface area contributed by atoms with Gasteiger partial charge in [-0.05, 0) is 48.1 Å². The third-order valence-electron chi connectivity index (χ3n) is 3.81. The van der Waals surface area contributed by atoms with Crippen LogP contribution in [0.1, 0.15) is 35.2 Å². The van der Waals surface area contributed by atoms with Crippen molar-refractivity contribution in [1.29, 1.82) is 0 Å². The van der Waals surface area contributed by atoms with Crippen molar-refractivity contribution in [1.82, 2.24) is 9.97 Å². The van der Waals surface area contributed by atoms with Gasteiger partial charge < -0.3 is 0 Å². The summed E-state index contributed by atoms with van der Waals surface area (Å²) >= 11 is 5.84. The number of aromatic nitrogens is 2. The molecule has 6 heteroatoms. The molecular formula is C16H17ClN2O2S. The summed E-state index contributed by atoms with van der Waals surface area (Å²) < 4.78 is 24.2. The highest BCUT2D eigenvalue weighted by atomic mass is 35.5. The first-order chi connectivity index (χ1) is 10.4. The van der Waals surface area contributed by atoms with E-state index < -0.39 is 9.84 Å². The molecule has 1 heterocycles. The van der Waals surface area contributed by atoms with E-state index in [2.05, 4.69) is 9.97 Å². The number of aryl methyl sites for hydroxylation is 1. The standard InChI is InChI=1S/C16H17ClN2O2S/c1-11-9-18-16(17)19-15(11)8-12-3-2-4-13(7-12)10-22(20,21)14-5-6-14/h2-4,7,9,14H,5-6,8,10H2,1H3. The first-order valence-corrected chi connectivity index (χ1v) is 9.31. The summed E-state index contributed by atoms with van der Waals surface area (Å²) in [4.78, 5) is 8.19. The SMILES string of the molecule is Cc1cnc(Cl)nc1Cc1cccc(CS(=O)(=O)C2CC2)c1. The van der Waals surface area contributed by atoms with Gasteiger partial charge in [0.1, 0.15) is 0 Å². The number of nitrogens with zero attached hydrogens (tertiary/aromatic N) is 2. The zero-order valence-electron chi connectivity index (χ0n) is 12.3. The predicted molar refractivity (Wildman–Crippen MR) is 86.7 cm³/mol. The molecule has 0 bridgehead atoms. The van der Waals surface area contributed by atoms with Crippen molar-refractivity contribution in [2.75, 3.05) is 0 Å². The maximum absolute atomic E-state index is 12.1. The van der Waals surface area contributed by atoms with Crippen LogP contribution in [0.15, 0.2) is 30.5 Å². The first kappa shape index (κ1) is 15.4. The number of benzene rings is 1. The van der Waals surface area contributed by atoms with E-state index in [9.17, 15) is 8.42 Å². The fraction of sp³-hybridized carbons (Fsp3) is 0.375. The van der Waals surface area contributed by atoms with E-state index >= 15 is 0 Å². The quantitative estimate of drug-likeness (QED) is 0.787. The summed E-state index contributed by atoms with van der Waals surface area (Å²) in [6.07, 6.45) is 3.93. The van der Waals surface area contributed by atoms with E-state index in [-0.39, 0.29) is 16.3 Å². The van der Waals surface area contributed by atoms with Gasteiger partial charge in [-0.3, -0.25) is 0 Å². The van der Waals surface area contributed by atoms with E-state index in [1.165, 1.54) is 0 Å². The Hall–Kier alpha value is -1.46. The lowest BCUT2D eigenvalue weighted by atomic mass is 10.0. The molecule has 0 radical (unpaired) electrons. The second-order valence-electron chi connectivity index (χ2n) is 5.77. The molecule has 0 aliphatic heterocycles. The zero-order valence-corrected chi connectivity index (χ0v) is 13.9. The molecule has 0 spiro atoms. The monoisotopic (exact) mass is 336 g/mol. The fourth-order valence-electron chi connectivity index (χ4n) is 2.43. The molecule has 2 aromatic rings. The van der Waals surface area contributed by atoms with E-state index in [0.717, 1.165) is 35.2 Å². The number of rotatable bonds is 5. The second kappa shape index (κ2) is 5.97. The topological polar surface area (TPSA) is 59.9 Å². The van der Waals surface area contributed by atoms with Crippen molar-refractivity contribution >= 4 is 21.4 Å². The Balaban J connectivity index is 1.80. The minimum Gasteiger partial charge on any atom is -0.228 e. The lowest BCUT2D eigenvalue weighted by Crippen LogP contribution is -2.10. The van der Waals surface area contributed by atoms with Crippen molar-refractivity contribution in [3.8, 4) is 0 Å². The summed E-state index contributed by atoms with van der Waals surface area (Å²) in [7, 11) is -2.99. The van der Waals surface area contributed by atoms with E-state index in [1.54, 1.807) is 6.20 Å². The third-order valence-corrected chi connectivity index (χ3v) is 6.22. The van der Waals surface area contributed by atoms with Gasteiger partial charge in [0.2, 0.25) is 5.28 Å².